The van der Waals surface area contributed by atoms with Gasteiger partial charge in [0.2, 0.25) is 0 Å². The van der Waals surface area contributed by atoms with Crippen LogP contribution in [0.1, 0.15) is 30.5 Å². The average molecular weight is 463 g/mol. The van der Waals surface area contributed by atoms with Crippen molar-refractivity contribution in [2.45, 2.75) is 26.7 Å². The van der Waals surface area contributed by atoms with Gasteiger partial charge in [0.05, 0.1) is 19.9 Å². The van der Waals surface area contributed by atoms with Crippen LogP contribution in [-0.4, -0.2) is 36.1 Å². The van der Waals surface area contributed by atoms with E-state index in [1.807, 2.05) is 30.6 Å². The zero-order valence-corrected chi connectivity index (χ0v) is 19.2. The number of ether oxygens (including phenoxy) is 3. The number of carbonyl (C=O) groups is 1. The maximum Gasteiger partial charge on any atom is 0.344 e. The van der Waals surface area contributed by atoms with Crippen LogP contribution in [0.3, 0.4) is 0 Å². The number of esters is 1. The highest BCUT2D eigenvalue weighted by Gasteiger charge is 2.14. The largest absolute Gasteiger partial charge is 0.494 e. The third kappa shape index (κ3) is 5.71. The van der Waals surface area contributed by atoms with E-state index in [2.05, 4.69) is 12.0 Å². The van der Waals surface area contributed by atoms with Gasteiger partial charge < -0.3 is 14.2 Å². The van der Waals surface area contributed by atoms with Crippen LogP contribution in [0.5, 0.6) is 11.5 Å². The third-order valence-corrected chi connectivity index (χ3v) is 5.37. The molecule has 8 heteroatoms. The number of nitrogens with zero attached hydrogens (tertiary/aromatic N) is 2. The number of methoxy groups -OCH3 is 1. The predicted molar refractivity (Wildman–Crippen MR) is 121 cm³/mol. The number of aryl methyl sites for hydroxylation is 1. The molecular formula is C23H24Cl2N2O4. The summed E-state index contributed by atoms with van der Waals surface area (Å²) < 4.78 is 17.6. The first-order valence-corrected chi connectivity index (χ1v) is 10.7. The van der Waals surface area contributed by atoms with E-state index < -0.39 is 5.97 Å². The van der Waals surface area contributed by atoms with Crippen LogP contribution in [0, 0.1) is 0 Å². The highest BCUT2D eigenvalue weighted by Crippen LogP contribution is 2.33. The van der Waals surface area contributed by atoms with Crippen molar-refractivity contribution >= 4 is 29.2 Å². The lowest BCUT2D eigenvalue weighted by Gasteiger charge is -2.14. The molecule has 0 aliphatic heterocycles. The number of hydrogen-bond acceptors (Lipinski definition) is 5. The number of hydrogen-bond donors (Lipinski definition) is 0. The molecule has 3 rings (SSSR count). The first-order chi connectivity index (χ1) is 14.9. The van der Waals surface area contributed by atoms with Gasteiger partial charge in [-0.2, -0.15) is 5.10 Å². The van der Waals surface area contributed by atoms with E-state index in [4.69, 9.17) is 37.4 Å². The van der Waals surface area contributed by atoms with Gasteiger partial charge in [-0.3, -0.25) is 0 Å². The molecule has 0 atom stereocenters. The number of halogens is 2. The molecule has 0 aliphatic rings. The standard InChI is InChI=1S/C23H24Cl2N2O4/c1-4-15-12-26-27(13-15)21-9-16(6-7-22(21)29-3)8-18-19(24)10-17(11-20(18)25)31-14-23(28)30-5-2/h6-7,9-13H,4-5,8,14H2,1-3H3. The molecule has 0 unspecified atom stereocenters. The number of rotatable bonds is 9. The molecule has 0 spiro atoms. The lowest BCUT2D eigenvalue weighted by atomic mass is 10.0. The molecule has 0 saturated heterocycles. The monoisotopic (exact) mass is 462 g/mol. The summed E-state index contributed by atoms with van der Waals surface area (Å²) in [7, 11) is 1.63. The Morgan fingerprint density at radius 3 is 2.45 bits per heavy atom. The number of carbonyl (C=O) groups excluding carboxylic acids is 1. The molecule has 1 heterocycles. The van der Waals surface area contributed by atoms with Crippen LogP contribution in [0.15, 0.2) is 42.7 Å². The molecule has 0 fully saturated rings. The summed E-state index contributed by atoms with van der Waals surface area (Å²) in [4.78, 5) is 11.5. The minimum Gasteiger partial charge on any atom is -0.494 e. The Hall–Kier alpha value is -2.70. The van der Waals surface area contributed by atoms with Gasteiger partial charge in [0.15, 0.2) is 6.61 Å². The Bertz CT molecular complexity index is 1040. The van der Waals surface area contributed by atoms with Gasteiger partial charge >= 0.3 is 5.97 Å². The summed E-state index contributed by atoms with van der Waals surface area (Å²) in [5, 5.41) is 5.35. The van der Waals surface area contributed by atoms with Crippen molar-refractivity contribution < 1.29 is 19.0 Å². The van der Waals surface area contributed by atoms with Crippen LogP contribution in [-0.2, 0) is 22.4 Å². The second-order valence-corrected chi connectivity index (χ2v) is 7.60. The van der Waals surface area contributed by atoms with Crippen LogP contribution in [0.4, 0.5) is 0 Å². The maximum atomic E-state index is 11.5. The maximum absolute atomic E-state index is 11.5. The van der Waals surface area contributed by atoms with E-state index in [0.29, 0.717) is 28.8 Å². The molecule has 0 bridgehead atoms. The Morgan fingerprint density at radius 2 is 1.84 bits per heavy atom. The molecule has 164 valence electrons. The minimum absolute atomic E-state index is 0.203. The molecule has 0 aliphatic carbocycles. The fourth-order valence-corrected chi connectivity index (χ4v) is 3.68. The first-order valence-electron chi connectivity index (χ1n) is 9.92. The van der Waals surface area contributed by atoms with Crippen molar-refractivity contribution in [3.05, 3.63) is 69.5 Å². The molecule has 0 saturated carbocycles. The van der Waals surface area contributed by atoms with Crippen LogP contribution in [0.2, 0.25) is 10.0 Å². The molecule has 2 aromatic carbocycles. The zero-order chi connectivity index (χ0) is 22.4. The summed E-state index contributed by atoms with van der Waals surface area (Å²) in [6.07, 6.45) is 5.23. The van der Waals surface area contributed by atoms with E-state index in [0.717, 1.165) is 34.5 Å². The predicted octanol–water partition coefficient (Wildman–Crippen LogP) is 5.28. The van der Waals surface area contributed by atoms with Crippen molar-refractivity contribution in [1.29, 1.82) is 0 Å². The zero-order valence-electron chi connectivity index (χ0n) is 17.7. The first kappa shape index (κ1) is 23.0. The lowest BCUT2D eigenvalue weighted by Crippen LogP contribution is -2.14. The van der Waals surface area contributed by atoms with Gasteiger partial charge in [-0.15, -0.1) is 0 Å². The van der Waals surface area contributed by atoms with E-state index in [-0.39, 0.29) is 6.61 Å². The van der Waals surface area contributed by atoms with Gasteiger partial charge in [0, 0.05) is 22.7 Å². The molecule has 0 N–H and O–H groups in total. The van der Waals surface area contributed by atoms with Crippen molar-refractivity contribution in [3.8, 4) is 17.2 Å². The van der Waals surface area contributed by atoms with E-state index in [1.165, 1.54) is 0 Å². The van der Waals surface area contributed by atoms with Crippen LogP contribution < -0.4 is 9.47 Å². The SMILES string of the molecule is CCOC(=O)COc1cc(Cl)c(Cc2ccc(OC)c(-n3cc(CC)cn3)c2)c(Cl)c1. The van der Waals surface area contributed by atoms with Gasteiger partial charge in [-0.1, -0.05) is 36.2 Å². The van der Waals surface area contributed by atoms with Crippen molar-refractivity contribution in [2.75, 3.05) is 20.3 Å². The fourth-order valence-electron chi connectivity index (χ4n) is 3.08. The topological polar surface area (TPSA) is 62.6 Å². The second-order valence-electron chi connectivity index (χ2n) is 6.79. The highest BCUT2D eigenvalue weighted by molar-refractivity contribution is 6.36. The summed E-state index contributed by atoms with van der Waals surface area (Å²) in [5.41, 5.74) is 3.73. The van der Waals surface area contributed by atoms with Crippen LogP contribution in [0.25, 0.3) is 5.69 Å². The van der Waals surface area contributed by atoms with Gasteiger partial charge in [0.1, 0.15) is 17.2 Å². The summed E-state index contributed by atoms with van der Waals surface area (Å²) in [5.74, 6) is 0.676. The Morgan fingerprint density at radius 1 is 1.10 bits per heavy atom. The average Bonchev–Trinajstić information content (AvgIpc) is 3.24. The molecular weight excluding hydrogens is 439 g/mol. The lowest BCUT2D eigenvalue weighted by molar-refractivity contribution is -0.145. The quantitative estimate of drug-likeness (QED) is 0.404. The summed E-state index contributed by atoms with van der Waals surface area (Å²) >= 11 is 13.0. The third-order valence-electron chi connectivity index (χ3n) is 4.69. The normalized spacial score (nSPS) is 10.7. The fraction of sp³-hybridized carbons (Fsp3) is 0.304. The molecule has 3 aromatic rings. The van der Waals surface area contributed by atoms with Gasteiger partial charge in [-0.25, -0.2) is 9.48 Å². The smallest absolute Gasteiger partial charge is 0.344 e. The molecule has 1 aromatic heterocycles. The summed E-state index contributed by atoms with van der Waals surface area (Å²) in [6.45, 7) is 3.91. The Labute approximate surface area is 191 Å². The Kier molecular flexibility index (Phi) is 7.82. The van der Waals surface area contributed by atoms with Gasteiger partial charge in [0.25, 0.3) is 0 Å². The highest BCUT2D eigenvalue weighted by atomic mass is 35.5. The van der Waals surface area contributed by atoms with E-state index >= 15 is 0 Å². The van der Waals surface area contributed by atoms with Crippen molar-refractivity contribution in [2.24, 2.45) is 0 Å². The molecule has 0 amide bonds. The van der Waals surface area contributed by atoms with Crippen molar-refractivity contribution in [3.63, 3.8) is 0 Å². The Balaban J connectivity index is 1.83. The van der Waals surface area contributed by atoms with Crippen LogP contribution >= 0.6 is 23.2 Å². The number of aromatic nitrogens is 2. The molecule has 31 heavy (non-hydrogen) atoms. The van der Waals surface area contributed by atoms with E-state index in [9.17, 15) is 4.79 Å². The summed E-state index contributed by atoms with van der Waals surface area (Å²) in [6, 6.07) is 9.16. The second kappa shape index (κ2) is 10.6. The minimum atomic E-state index is -0.450. The number of benzene rings is 2. The van der Waals surface area contributed by atoms with E-state index in [1.54, 1.807) is 30.8 Å². The van der Waals surface area contributed by atoms with Gasteiger partial charge in [-0.05, 0) is 54.3 Å². The van der Waals surface area contributed by atoms with Crippen molar-refractivity contribution in [1.82, 2.24) is 9.78 Å². The molecule has 0 radical (unpaired) electrons. The molecule has 6 nitrogen and oxygen atoms in total.